The number of carboxylic acid groups (broad SMARTS) is 1. The van der Waals surface area contributed by atoms with Gasteiger partial charge in [-0.1, -0.05) is 6.07 Å². The van der Waals surface area contributed by atoms with E-state index >= 15 is 0 Å². The molecule has 0 saturated heterocycles. The number of pyridine rings is 1. The van der Waals surface area contributed by atoms with Gasteiger partial charge in [-0.25, -0.2) is 4.79 Å². The Morgan fingerprint density at radius 3 is 2.95 bits per heavy atom. The van der Waals surface area contributed by atoms with Crippen LogP contribution in [0, 0.1) is 0 Å². The normalized spacial score (nSPS) is 10.7. The van der Waals surface area contributed by atoms with Gasteiger partial charge < -0.3 is 10.4 Å². The summed E-state index contributed by atoms with van der Waals surface area (Å²) in [5.74, 6) is -1.23. The molecule has 6 heteroatoms. The van der Waals surface area contributed by atoms with Gasteiger partial charge in [0.2, 0.25) is 0 Å². The molecule has 0 aliphatic rings. The van der Waals surface area contributed by atoms with E-state index in [1.54, 1.807) is 23.8 Å². The van der Waals surface area contributed by atoms with E-state index in [2.05, 4.69) is 10.3 Å². The predicted octanol–water partition coefficient (Wildman–Crippen LogP) is 2.21. The fourth-order valence-corrected chi connectivity index (χ4v) is 2.54. The molecule has 0 aromatic carbocycles. The molecule has 1 amide bonds. The molecule has 0 atom stereocenters. The maximum absolute atomic E-state index is 12.1. The Labute approximate surface area is 126 Å². The largest absolute Gasteiger partial charge is 0.478 e. The fourth-order valence-electron chi connectivity index (χ4n) is 1.74. The first kappa shape index (κ1) is 14.9. The van der Waals surface area contributed by atoms with Crippen molar-refractivity contribution in [3.05, 3.63) is 58.1 Å². The first-order valence-electron chi connectivity index (χ1n) is 6.32. The van der Waals surface area contributed by atoms with Crippen molar-refractivity contribution < 1.29 is 14.7 Å². The van der Waals surface area contributed by atoms with Crippen molar-refractivity contribution in [2.24, 2.45) is 0 Å². The number of carbonyl (C=O) groups is 2. The molecular weight excluding hydrogens is 288 g/mol. The van der Waals surface area contributed by atoms with Crippen molar-refractivity contribution in [3.8, 4) is 0 Å². The van der Waals surface area contributed by atoms with Crippen LogP contribution in [0.2, 0.25) is 0 Å². The Kier molecular flexibility index (Phi) is 5.22. The van der Waals surface area contributed by atoms with Crippen LogP contribution in [0.15, 0.2) is 42.0 Å². The Bertz CT molecular complexity index is 650. The molecule has 2 aromatic rings. The van der Waals surface area contributed by atoms with Crippen LogP contribution >= 0.6 is 11.3 Å². The van der Waals surface area contributed by atoms with Crippen LogP contribution < -0.4 is 5.32 Å². The minimum absolute atomic E-state index is 0.195. The number of aromatic nitrogens is 1. The highest BCUT2D eigenvalue weighted by atomic mass is 32.1. The number of thiophene rings is 1. The highest BCUT2D eigenvalue weighted by Crippen LogP contribution is 2.18. The Morgan fingerprint density at radius 2 is 2.24 bits per heavy atom. The quantitative estimate of drug-likeness (QED) is 0.802. The number of amides is 1. The summed E-state index contributed by atoms with van der Waals surface area (Å²) in [7, 11) is 0. The summed E-state index contributed by atoms with van der Waals surface area (Å²) in [4.78, 5) is 27.1. The van der Waals surface area contributed by atoms with Crippen LogP contribution in [0.1, 0.15) is 20.8 Å². The first-order chi connectivity index (χ1) is 10.2. The van der Waals surface area contributed by atoms with Gasteiger partial charge in [0.15, 0.2) is 0 Å². The summed E-state index contributed by atoms with van der Waals surface area (Å²) < 4.78 is 0. The highest BCUT2D eigenvalue weighted by Gasteiger charge is 2.11. The van der Waals surface area contributed by atoms with Crippen LogP contribution in [0.25, 0.3) is 6.08 Å². The van der Waals surface area contributed by atoms with E-state index in [1.165, 1.54) is 17.4 Å². The third-order valence-corrected chi connectivity index (χ3v) is 3.66. The third kappa shape index (κ3) is 4.54. The maximum Gasteiger partial charge on any atom is 0.328 e. The SMILES string of the molecule is O=C(O)C=Cc1ccsc1C(=O)NCCc1cccnc1. The van der Waals surface area contributed by atoms with E-state index in [1.807, 2.05) is 12.1 Å². The van der Waals surface area contributed by atoms with Crippen molar-refractivity contribution in [1.82, 2.24) is 10.3 Å². The zero-order valence-corrected chi connectivity index (χ0v) is 12.0. The summed E-state index contributed by atoms with van der Waals surface area (Å²) in [6.07, 6.45) is 6.61. The smallest absolute Gasteiger partial charge is 0.328 e. The molecule has 0 aliphatic carbocycles. The topological polar surface area (TPSA) is 79.3 Å². The minimum Gasteiger partial charge on any atom is -0.478 e. The molecule has 0 spiro atoms. The van der Waals surface area contributed by atoms with Crippen LogP contribution in [-0.2, 0) is 11.2 Å². The molecule has 0 unspecified atom stereocenters. The monoisotopic (exact) mass is 302 g/mol. The number of nitrogens with zero attached hydrogens (tertiary/aromatic N) is 1. The van der Waals surface area contributed by atoms with Crippen molar-refractivity contribution in [2.75, 3.05) is 6.54 Å². The van der Waals surface area contributed by atoms with Gasteiger partial charge >= 0.3 is 5.97 Å². The third-order valence-electron chi connectivity index (χ3n) is 2.73. The molecule has 2 heterocycles. The van der Waals surface area contributed by atoms with Gasteiger partial charge in [-0.15, -0.1) is 11.3 Å². The zero-order chi connectivity index (χ0) is 15.1. The molecule has 0 aliphatic heterocycles. The molecule has 2 aromatic heterocycles. The van der Waals surface area contributed by atoms with Crippen LogP contribution in [0.3, 0.4) is 0 Å². The average Bonchev–Trinajstić information content (AvgIpc) is 2.94. The number of rotatable bonds is 6. The van der Waals surface area contributed by atoms with Gasteiger partial charge in [-0.3, -0.25) is 9.78 Å². The van der Waals surface area contributed by atoms with Crippen molar-refractivity contribution >= 4 is 29.3 Å². The van der Waals surface area contributed by atoms with Crippen molar-refractivity contribution in [1.29, 1.82) is 0 Å². The lowest BCUT2D eigenvalue weighted by Crippen LogP contribution is -2.25. The lowest BCUT2D eigenvalue weighted by atomic mass is 10.2. The standard InChI is InChI=1S/C15H14N2O3S/c18-13(19)4-3-12-6-9-21-14(12)15(20)17-8-5-11-2-1-7-16-10-11/h1-4,6-7,9-10H,5,8H2,(H,17,20)(H,18,19). The second kappa shape index (κ2) is 7.35. The van der Waals surface area contributed by atoms with E-state index in [-0.39, 0.29) is 5.91 Å². The summed E-state index contributed by atoms with van der Waals surface area (Å²) in [6, 6.07) is 5.52. The Morgan fingerprint density at radius 1 is 1.38 bits per heavy atom. The minimum atomic E-state index is -1.04. The second-order valence-electron chi connectivity index (χ2n) is 4.24. The molecule has 108 valence electrons. The summed E-state index contributed by atoms with van der Waals surface area (Å²) in [5.41, 5.74) is 1.66. The predicted molar refractivity (Wildman–Crippen MR) is 81.3 cm³/mol. The van der Waals surface area contributed by atoms with Crippen molar-refractivity contribution in [3.63, 3.8) is 0 Å². The molecule has 21 heavy (non-hydrogen) atoms. The maximum atomic E-state index is 12.1. The summed E-state index contributed by atoms with van der Waals surface area (Å²) in [5, 5.41) is 13.2. The molecule has 0 radical (unpaired) electrons. The molecule has 0 saturated carbocycles. The second-order valence-corrected chi connectivity index (χ2v) is 5.16. The van der Waals surface area contributed by atoms with E-state index in [0.29, 0.717) is 23.4 Å². The van der Waals surface area contributed by atoms with Crippen LogP contribution in [-0.4, -0.2) is 28.5 Å². The average molecular weight is 302 g/mol. The van der Waals surface area contributed by atoms with Gasteiger partial charge in [0.25, 0.3) is 5.91 Å². The Hall–Kier alpha value is -2.47. The number of hydrogen-bond acceptors (Lipinski definition) is 4. The molecule has 5 nitrogen and oxygen atoms in total. The van der Waals surface area contributed by atoms with Gasteiger partial charge in [0.1, 0.15) is 0 Å². The zero-order valence-electron chi connectivity index (χ0n) is 11.2. The number of nitrogens with one attached hydrogen (secondary N) is 1. The first-order valence-corrected chi connectivity index (χ1v) is 7.20. The van der Waals surface area contributed by atoms with E-state index in [4.69, 9.17) is 5.11 Å². The van der Waals surface area contributed by atoms with E-state index in [0.717, 1.165) is 11.6 Å². The number of carboxylic acids is 1. The van der Waals surface area contributed by atoms with E-state index in [9.17, 15) is 9.59 Å². The highest BCUT2D eigenvalue weighted by molar-refractivity contribution is 7.12. The summed E-state index contributed by atoms with van der Waals surface area (Å²) >= 11 is 1.29. The molecule has 2 N–H and O–H groups in total. The molecule has 0 bridgehead atoms. The summed E-state index contributed by atoms with van der Waals surface area (Å²) in [6.45, 7) is 0.504. The van der Waals surface area contributed by atoms with Crippen LogP contribution in [0.4, 0.5) is 0 Å². The molecular formula is C15H14N2O3S. The van der Waals surface area contributed by atoms with Gasteiger partial charge in [0.05, 0.1) is 4.88 Å². The van der Waals surface area contributed by atoms with Crippen molar-refractivity contribution in [2.45, 2.75) is 6.42 Å². The molecule has 0 fully saturated rings. The number of carbonyl (C=O) groups excluding carboxylic acids is 1. The van der Waals surface area contributed by atoms with Crippen LogP contribution in [0.5, 0.6) is 0 Å². The van der Waals surface area contributed by atoms with E-state index < -0.39 is 5.97 Å². The lowest BCUT2D eigenvalue weighted by Gasteiger charge is -2.04. The number of hydrogen-bond donors (Lipinski definition) is 2. The van der Waals surface area contributed by atoms with Gasteiger partial charge in [-0.05, 0) is 41.1 Å². The number of aliphatic carboxylic acids is 1. The van der Waals surface area contributed by atoms with Gasteiger partial charge in [-0.2, -0.15) is 0 Å². The van der Waals surface area contributed by atoms with Gasteiger partial charge in [0, 0.05) is 25.0 Å². The lowest BCUT2D eigenvalue weighted by molar-refractivity contribution is -0.131. The Balaban J connectivity index is 1.92. The molecule has 2 rings (SSSR count). The fraction of sp³-hybridized carbons (Fsp3) is 0.133.